The van der Waals surface area contributed by atoms with Gasteiger partial charge in [-0.25, -0.2) is 4.99 Å². The molecule has 0 unspecified atom stereocenters. The van der Waals surface area contributed by atoms with Gasteiger partial charge in [-0.15, -0.1) is 0 Å². The highest BCUT2D eigenvalue weighted by atomic mass is 15.1. The van der Waals surface area contributed by atoms with Gasteiger partial charge >= 0.3 is 0 Å². The van der Waals surface area contributed by atoms with E-state index in [0.717, 1.165) is 12.2 Å². The molecule has 18 heavy (non-hydrogen) atoms. The lowest BCUT2D eigenvalue weighted by atomic mass is 10.2. The van der Waals surface area contributed by atoms with Gasteiger partial charge in [0, 0.05) is 23.4 Å². The summed E-state index contributed by atoms with van der Waals surface area (Å²) >= 11 is 0. The van der Waals surface area contributed by atoms with Gasteiger partial charge in [0.2, 0.25) is 0 Å². The van der Waals surface area contributed by atoms with Crippen molar-refractivity contribution in [2.75, 3.05) is 0 Å². The predicted octanol–water partition coefficient (Wildman–Crippen LogP) is 4.07. The maximum atomic E-state index is 4.48. The fourth-order valence-electron chi connectivity index (χ4n) is 2.68. The Morgan fingerprint density at radius 1 is 0.833 bits per heavy atom. The Morgan fingerprint density at radius 2 is 1.44 bits per heavy atom. The van der Waals surface area contributed by atoms with Crippen LogP contribution < -0.4 is 0 Å². The lowest BCUT2D eigenvalue weighted by Gasteiger charge is -2.05. The molecule has 0 spiro atoms. The number of aromatic nitrogens is 1. The van der Waals surface area contributed by atoms with Crippen LogP contribution in [0.2, 0.25) is 0 Å². The number of allylic oxidation sites excluding steroid dienone is 1. The second kappa shape index (κ2) is 3.57. The molecule has 1 aromatic heterocycles. The molecular formula is C16H12N2. The zero-order valence-corrected chi connectivity index (χ0v) is 9.88. The number of fused-ring (bicyclic) bond motifs is 3. The molecule has 4 rings (SSSR count). The summed E-state index contributed by atoms with van der Waals surface area (Å²) in [4.78, 5) is 4.48. The summed E-state index contributed by atoms with van der Waals surface area (Å²) in [5.41, 5.74) is 2.45. The molecule has 2 heterocycles. The average Bonchev–Trinajstić information content (AvgIpc) is 3.03. The first-order valence-corrected chi connectivity index (χ1v) is 6.16. The maximum Gasteiger partial charge on any atom is 0.133 e. The summed E-state index contributed by atoms with van der Waals surface area (Å²) < 4.78 is 2.24. The minimum atomic E-state index is 0.927. The Labute approximate surface area is 105 Å². The number of hydrogen-bond acceptors (Lipinski definition) is 1. The topological polar surface area (TPSA) is 17.3 Å². The molecule has 0 aliphatic carbocycles. The Hall–Kier alpha value is -2.35. The molecule has 1 aliphatic heterocycles. The molecule has 1 aliphatic rings. The van der Waals surface area contributed by atoms with E-state index in [4.69, 9.17) is 0 Å². The lowest BCUT2D eigenvalue weighted by Crippen LogP contribution is -1.92. The molecule has 0 radical (unpaired) electrons. The fourth-order valence-corrected chi connectivity index (χ4v) is 2.68. The van der Waals surface area contributed by atoms with Gasteiger partial charge in [0.05, 0.1) is 11.0 Å². The van der Waals surface area contributed by atoms with Crippen LogP contribution in [-0.2, 0) is 0 Å². The third-order valence-corrected chi connectivity index (χ3v) is 3.44. The largest absolute Gasteiger partial charge is 0.294 e. The van der Waals surface area contributed by atoms with Gasteiger partial charge < -0.3 is 0 Å². The Morgan fingerprint density at radius 3 is 2.00 bits per heavy atom. The van der Waals surface area contributed by atoms with Gasteiger partial charge in [-0.05, 0) is 18.2 Å². The molecule has 3 aromatic rings. The van der Waals surface area contributed by atoms with Crippen LogP contribution in [0, 0.1) is 0 Å². The van der Waals surface area contributed by atoms with Crippen LogP contribution in [0.25, 0.3) is 27.6 Å². The number of aliphatic imine (C=N–C) groups is 1. The lowest BCUT2D eigenvalue weighted by molar-refractivity contribution is 1.18. The Kier molecular flexibility index (Phi) is 1.92. The monoisotopic (exact) mass is 232 g/mol. The molecule has 2 nitrogen and oxygen atoms in total. The van der Waals surface area contributed by atoms with Crippen LogP contribution in [0.4, 0.5) is 0 Å². The van der Waals surface area contributed by atoms with Crippen molar-refractivity contribution in [3.8, 4) is 0 Å². The molecule has 0 saturated heterocycles. The highest BCUT2D eigenvalue weighted by Gasteiger charge is 2.12. The predicted molar refractivity (Wildman–Crippen MR) is 76.8 cm³/mol. The van der Waals surface area contributed by atoms with E-state index in [2.05, 4.69) is 64.2 Å². The molecular weight excluding hydrogens is 220 g/mol. The molecule has 0 atom stereocenters. The SMILES string of the molecule is C1=NC(n2c3ccccc3c3ccccc32)=CC1. The average molecular weight is 232 g/mol. The standard InChI is InChI=1S/C16H12N2/c1-3-8-14-12(6-1)13-7-2-4-9-15(13)18(14)16-10-5-11-17-16/h1-4,6-11H,5H2. The number of nitrogens with zero attached hydrogens (tertiary/aromatic N) is 2. The van der Waals surface area contributed by atoms with Crippen LogP contribution in [0.15, 0.2) is 59.6 Å². The van der Waals surface area contributed by atoms with Gasteiger partial charge in [0.25, 0.3) is 0 Å². The van der Waals surface area contributed by atoms with Gasteiger partial charge in [-0.3, -0.25) is 4.57 Å². The quantitative estimate of drug-likeness (QED) is 0.602. The fraction of sp³-hybridized carbons (Fsp3) is 0.0625. The summed E-state index contributed by atoms with van der Waals surface area (Å²) in [5.74, 6) is 1.03. The van der Waals surface area contributed by atoms with E-state index in [9.17, 15) is 0 Å². The summed E-state index contributed by atoms with van der Waals surface area (Å²) in [6, 6.07) is 17.0. The highest BCUT2D eigenvalue weighted by molar-refractivity contribution is 6.10. The van der Waals surface area contributed by atoms with E-state index in [1.54, 1.807) is 0 Å². The van der Waals surface area contributed by atoms with E-state index < -0.39 is 0 Å². The summed E-state index contributed by atoms with van der Waals surface area (Å²) in [6.07, 6.45) is 5.05. The molecule has 2 heteroatoms. The molecule has 0 fully saturated rings. The van der Waals surface area contributed by atoms with Crippen LogP contribution in [0.5, 0.6) is 0 Å². The highest BCUT2D eigenvalue weighted by Crippen LogP contribution is 2.32. The van der Waals surface area contributed by atoms with Gasteiger partial charge in [0.15, 0.2) is 0 Å². The second-order valence-electron chi connectivity index (χ2n) is 4.48. The number of benzene rings is 2. The van der Waals surface area contributed by atoms with E-state index in [-0.39, 0.29) is 0 Å². The van der Waals surface area contributed by atoms with Gasteiger partial charge in [-0.1, -0.05) is 36.4 Å². The van der Waals surface area contributed by atoms with Crippen LogP contribution in [0.1, 0.15) is 6.42 Å². The zero-order valence-electron chi connectivity index (χ0n) is 9.88. The normalized spacial score (nSPS) is 14.6. The van der Waals surface area contributed by atoms with Crippen LogP contribution in [-0.4, -0.2) is 10.8 Å². The molecule has 0 bridgehead atoms. The summed E-state index contributed by atoms with van der Waals surface area (Å²) in [5, 5.41) is 2.58. The van der Waals surface area contributed by atoms with E-state index in [1.807, 2.05) is 6.21 Å². The van der Waals surface area contributed by atoms with Gasteiger partial charge in [-0.2, -0.15) is 0 Å². The van der Waals surface area contributed by atoms with Crippen molar-refractivity contribution in [1.82, 2.24) is 4.57 Å². The second-order valence-corrected chi connectivity index (χ2v) is 4.48. The third-order valence-electron chi connectivity index (χ3n) is 3.44. The number of rotatable bonds is 1. The van der Waals surface area contributed by atoms with Crippen molar-refractivity contribution in [3.05, 3.63) is 54.6 Å². The molecule has 0 saturated carbocycles. The first-order chi connectivity index (χ1) is 8.95. The van der Waals surface area contributed by atoms with Crippen molar-refractivity contribution in [2.24, 2.45) is 4.99 Å². The van der Waals surface area contributed by atoms with E-state index in [1.165, 1.54) is 21.8 Å². The van der Waals surface area contributed by atoms with E-state index in [0.29, 0.717) is 0 Å². The van der Waals surface area contributed by atoms with Crippen molar-refractivity contribution < 1.29 is 0 Å². The number of para-hydroxylation sites is 2. The minimum absolute atomic E-state index is 0.927. The summed E-state index contributed by atoms with van der Waals surface area (Å²) in [7, 11) is 0. The number of hydrogen-bond donors (Lipinski definition) is 0. The van der Waals surface area contributed by atoms with Crippen LogP contribution >= 0.6 is 0 Å². The molecule has 2 aromatic carbocycles. The first kappa shape index (κ1) is 9.66. The first-order valence-electron chi connectivity index (χ1n) is 6.16. The minimum Gasteiger partial charge on any atom is -0.294 e. The van der Waals surface area contributed by atoms with Crippen molar-refractivity contribution >= 4 is 33.8 Å². The molecule has 86 valence electrons. The van der Waals surface area contributed by atoms with Crippen LogP contribution in [0.3, 0.4) is 0 Å². The Balaban J connectivity index is 2.24. The van der Waals surface area contributed by atoms with Crippen molar-refractivity contribution in [3.63, 3.8) is 0 Å². The Bertz CT molecular complexity index is 753. The van der Waals surface area contributed by atoms with Crippen molar-refractivity contribution in [2.45, 2.75) is 6.42 Å². The van der Waals surface area contributed by atoms with Gasteiger partial charge in [0.1, 0.15) is 5.82 Å². The molecule has 0 amide bonds. The molecule has 0 N–H and O–H groups in total. The third kappa shape index (κ3) is 1.20. The zero-order chi connectivity index (χ0) is 11.9. The maximum absolute atomic E-state index is 4.48. The summed E-state index contributed by atoms with van der Waals surface area (Å²) in [6.45, 7) is 0. The smallest absolute Gasteiger partial charge is 0.133 e. The van der Waals surface area contributed by atoms with Crippen molar-refractivity contribution in [1.29, 1.82) is 0 Å². The van der Waals surface area contributed by atoms with E-state index >= 15 is 0 Å².